The number of carbonyl (C=O) groups is 2. The van der Waals surface area contributed by atoms with E-state index in [1.807, 2.05) is 0 Å². The monoisotopic (exact) mass is 456 g/mol. The number of nitrogens with zero attached hydrogens (tertiary/aromatic N) is 2. The van der Waals surface area contributed by atoms with Crippen molar-refractivity contribution in [2.45, 2.75) is 25.3 Å². The highest BCUT2D eigenvalue weighted by molar-refractivity contribution is 6.40. The number of hydrogen-bond donors (Lipinski definition) is 2. The van der Waals surface area contributed by atoms with Gasteiger partial charge in [0.2, 0.25) is 0 Å². The van der Waals surface area contributed by atoms with Gasteiger partial charge in [-0.1, -0.05) is 23.7 Å². The second-order valence-corrected chi connectivity index (χ2v) is 8.76. The Morgan fingerprint density at radius 3 is 2.62 bits per heavy atom. The maximum Gasteiger partial charge on any atom is 0.313 e. The molecule has 2 aromatic rings. The number of fused-ring (bicyclic) bond motifs is 1. The summed E-state index contributed by atoms with van der Waals surface area (Å²) in [6.07, 6.45) is 3.32. The Labute approximate surface area is 193 Å². The molecule has 2 amide bonds. The zero-order valence-electron chi connectivity index (χ0n) is 18.5. The van der Waals surface area contributed by atoms with Crippen molar-refractivity contribution in [3.63, 3.8) is 0 Å². The number of carbonyl (C=O) groups excluding carboxylic acids is 2. The van der Waals surface area contributed by atoms with Crippen LogP contribution in [0.3, 0.4) is 0 Å². The number of amides is 2. The van der Waals surface area contributed by atoms with Gasteiger partial charge in [-0.25, -0.2) is 0 Å². The van der Waals surface area contributed by atoms with Crippen LogP contribution in [-0.4, -0.2) is 57.1 Å². The van der Waals surface area contributed by atoms with Crippen LogP contribution >= 0.6 is 11.6 Å². The van der Waals surface area contributed by atoms with Gasteiger partial charge in [0.1, 0.15) is 5.75 Å². The minimum absolute atomic E-state index is 0.0335. The first-order chi connectivity index (χ1) is 15.5. The third-order valence-corrected chi connectivity index (χ3v) is 6.50. The summed E-state index contributed by atoms with van der Waals surface area (Å²) in [5.74, 6) is -0.993. The lowest BCUT2D eigenvalue weighted by molar-refractivity contribution is -0.136. The summed E-state index contributed by atoms with van der Waals surface area (Å²) in [6, 6.07) is 11.5. The number of anilines is 2. The Hall–Kier alpha value is -2.77. The van der Waals surface area contributed by atoms with Crippen molar-refractivity contribution < 1.29 is 14.3 Å². The number of ether oxygens (including phenoxy) is 1. The second-order valence-electron chi connectivity index (χ2n) is 8.33. The van der Waals surface area contributed by atoms with Gasteiger partial charge < -0.3 is 20.3 Å². The molecule has 0 radical (unpaired) electrons. The van der Waals surface area contributed by atoms with Gasteiger partial charge in [0.25, 0.3) is 0 Å². The van der Waals surface area contributed by atoms with Crippen molar-refractivity contribution in [2.24, 2.45) is 0 Å². The smallest absolute Gasteiger partial charge is 0.313 e. The average molecular weight is 457 g/mol. The van der Waals surface area contributed by atoms with E-state index in [9.17, 15) is 9.59 Å². The Bertz CT molecular complexity index is 1010. The van der Waals surface area contributed by atoms with Crippen LogP contribution in [0.5, 0.6) is 5.75 Å². The van der Waals surface area contributed by atoms with Gasteiger partial charge in [-0.3, -0.25) is 14.5 Å². The van der Waals surface area contributed by atoms with E-state index in [0.29, 0.717) is 23.0 Å². The van der Waals surface area contributed by atoms with E-state index in [2.05, 4.69) is 45.7 Å². The van der Waals surface area contributed by atoms with Crippen LogP contribution in [-0.2, 0) is 16.0 Å². The van der Waals surface area contributed by atoms with Crippen LogP contribution in [0, 0.1) is 0 Å². The number of nitrogens with one attached hydrogen (secondary N) is 2. The van der Waals surface area contributed by atoms with Crippen LogP contribution in [0.2, 0.25) is 5.02 Å². The molecule has 0 aliphatic carbocycles. The zero-order chi connectivity index (χ0) is 22.7. The van der Waals surface area contributed by atoms with Gasteiger partial charge in [0.05, 0.1) is 18.8 Å². The molecule has 0 spiro atoms. The summed E-state index contributed by atoms with van der Waals surface area (Å²) in [6.45, 7) is 3.37. The molecule has 2 aromatic carbocycles. The van der Waals surface area contributed by atoms with Crippen LogP contribution < -0.4 is 20.3 Å². The molecule has 0 aromatic heterocycles. The summed E-state index contributed by atoms with van der Waals surface area (Å²) < 4.78 is 5.23. The minimum Gasteiger partial charge on any atom is -0.495 e. The second kappa shape index (κ2) is 9.79. The lowest BCUT2D eigenvalue weighted by Crippen LogP contribution is -2.41. The molecule has 2 aliphatic heterocycles. The highest BCUT2D eigenvalue weighted by atomic mass is 35.5. The SMILES string of the molecule is COc1ccc(Cl)cc1NC(=O)C(=O)NCC(c1ccc2c(c1)CCN2C)N1CCCC1. The van der Waals surface area contributed by atoms with E-state index >= 15 is 0 Å². The number of likely N-dealkylation sites (tertiary alicyclic amines) is 1. The first kappa shape index (κ1) is 22.4. The molecule has 0 saturated carbocycles. The quantitative estimate of drug-likeness (QED) is 0.653. The predicted molar refractivity (Wildman–Crippen MR) is 127 cm³/mol. The van der Waals surface area contributed by atoms with Gasteiger partial charge in [-0.05, 0) is 67.7 Å². The number of benzene rings is 2. The van der Waals surface area contributed by atoms with E-state index in [4.69, 9.17) is 16.3 Å². The lowest BCUT2D eigenvalue weighted by atomic mass is 10.0. The molecule has 0 bridgehead atoms. The summed E-state index contributed by atoms with van der Waals surface area (Å²) in [5.41, 5.74) is 4.15. The molecule has 4 rings (SSSR count). The van der Waals surface area contributed by atoms with Gasteiger partial charge in [0, 0.05) is 30.8 Å². The van der Waals surface area contributed by atoms with Gasteiger partial charge in [-0.15, -0.1) is 0 Å². The number of rotatable bonds is 6. The molecule has 1 saturated heterocycles. The molecular formula is C24H29ClN4O3. The van der Waals surface area contributed by atoms with Gasteiger partial charge >= 0.3 is 11.8 Å². The average Bonchev–Trinajstić information content (AvgIpc) is 3.44. The Morgan fingerprint density at radius 2 is 1.88 bits per heavy atom. The van der Waals surface area contributed by atoms with Crippen molar-refractivity contribution in [3.8, 4) is 5.75 Å². The fourth-order valence-corrected chi connectivity index (χ4v) is 4.70. The predicted octanol–water partition coefficient (Wildman–Crippen LogP) is 3.23. The molecule has 1 atom stereocenters. The van der Waals surface area contributed by atoms with Crippen LogP contribution in [0.15, 0.2) is 36.4 Å². The zero-order valence-corrected chi connectivity index (χ0v) is 19.2. The fraction of sp³-hybridized carbons (Fsp3) is 0.417. The Kier molecular flexibility index (Phi) is 6.86. The topological polar surface area (TPSA) is 73.9 Å². The normalized spacial score (nSPS) is 16.5. The third-order valence-electron chi connectivity index (χ3n) is 6.27. The van der Waals surface area contributed by atoms with Crippen molar-refractivity contribution in [1.82, 2.24) is 10.2 Å². The molecule has 170 valence electrons. The highest BCUT2D eigenvalue weighted by Gasteiger charge is 2.27. The first-order valence-corrected chi connectivity index (χ1v) is 11.3. The lowest BCUT2D eigenvalue weighted by Gasteiger charge is -2.28. The Morgan fingerprint density at radius 1 is 1.09 bits per heavy atom. The maximum absolute atomic E-state index is 12.6. The molecule has 1 fully saturated rings. The molecule has 32 heavy (non-hydrogen) atoms. The summed E-state index contributed by atoms with van der Waals surface area (Å²) in [4.78, 5) is 29.8. The van der Waals surface area contributed by atoms with Crippen molar-refractivity contribution in [1.29, 1.82) is 0 Å². The Balaban J connectivity index is 1.45. The largest absolute Gasteiger partial charge is 0.495 e. The summed E-state index contributed by atoms with van der Waals surface area (Å²) >= 11 is 6.01. The van der Waals surface area contributed by atoms with Crippen molar-refractivity contribution in [3.05, 3.63) is 52.5 Å². The minimum atomic E-state index is -0.749. The maximum atomic E-state index is 12.6. The molecule has 2 N–H and O–H groups in total. The van der Waals surface area contributed by atoms with Crippen molar-refractivity contribution in [2.75, 3.05) is 50.6 Å². The van der Waals surface area contributed by atoms with Gasteiger partial charge in [0.15, 0.2) is 0 Å². The fourth-order valence-electron chi connectivity index (χ4n) is 4.53. The molecule has 7 nitrogen and oxygen atoms in total. The molecule has 2 aliphatic rings. The number of hydrogen-bond acceptors (Lipinski definition) is 5. The third kappa shape index (κ3) is 4.84. The van der Waals surface area contributed by atoms with E-state index in [1.54, 1.807) is 18.2 Å². The van der Waals surface area contributed by atoms with Crippen LogP contribution in [0.1, 0.15) is 30.0 Å². The molecule has 1 unspecified atom stereocenters. The molecule has 8 heteroatoms. The standard InChI is InChI=1S/C24H29ClN4O3/c1-28-12-9-17-13-16(5-7-20(17)28)21(29-10-3-4-11-29)15-26-23(30)24(31)27-19-14-18(25)6-8-22(19)32-2/h5-8,13-14,21H,3-4,9-12,15H2,1-2H3,(H,26,30)(H,27,31). The van der Waals surface area contributed by atoms with E-state index < -0.39 is 11.8 Å². The number of methoxy groups -OCH3 is 1. The van der Waals surface area contributed by atoms with E-state index in [-0.39, 0.29) is 6.04 Å². The number of halogens is 1. The van der Waals surface area contributed by atoms with Crippen molar-refractivity contribution >= 4 is 34.8 Å². The van der Waals surface area contributed by atoms with Crippen LogP contribution in [0.4, 0.5) is 11.4 Å². The number of likely N-dealkylation sites (N-methyl/N-ethyl adjacent to an activating group) is 1. The van der Waals surface area contributed by atoms with E-state index in [1.165, 1.54) is 23.9 Å². The summed E-state index contributed by atoms with van der Waals surface area (Å²) in [5, 5.41) is 5.87. The molecular weight excluding hydrogens is 428 g/mol. The highest BCUT2D eigenvalue weighted by Crippen LogP contribution is 2.32. The van der Waals surface area contributed by atoms with Gasteiger partial charge in [-0.2, -0.15) is 0 Å². The molecule has 2 heterocycles. The van der Waals surface area contributed by atoms with Crippen LogP contribution in [0.25, 0.3) is 0 Å². The first-order valence-electron chi connectivity index (χ1n) is 11.0. The van der Waals surface area contributed by atoms with E-state index in [0.717, 1.165) is 38.9 Å². The summed E-state index contributed by atoms with van der Waals surface area (Å²) in [7, 11) is 3.60.